The fraction of sp³-hybridized carbons (Fsp3) is 0.333. The van der Waals surface area contributed by atoms with Gasteiger partial charge in [0.25, 0.3) is 0 Å². The average molecular weight is 267 g/mol. The second kappa shape index (κ2) is 7.25. The Bertz CT molecular complexity index is 441. The normalized spacial score (nSPS) is 9.71. The van der Waals surface area contributed by atoms with Gasteiger partial charge in [0.2, 0.25) is 0 Å². The topological polar surface area (TPSA) is 50.1 Å². The van der Waals surface area contributed by atoms with E-state index >= 15 is 0 Å². The predicted octanol–water partition coefficient (Wildman–Crippen LogP) is 2.94. The number of carbonyl (C=O) groups is 1. The minimum absolute atomic E-state index is 0.236. The molecule has 0 spiro atoms. The first-order valence-electron chi connectivity index (χ1n) is 5.08. The summed E-state index contributed by atoms with van der Waals surface area (Å²) in [6.45, 7) is 2.16. The summed E-state index contributed by atoms with van der Waals surface area (Å²) in [5.74, 6) is -0.0173. The average Bonchev–Trinajstić information content (AvgIpc) is 2.36. The lowest BCUT2D eigenvalue weighted by Crippen LogP contribution is -2.06. The molecule has 0 N–H and O–H groups in total. The van der Waals surface area contributed by atoms with E-state index in [-0.39, 0.29) is 11.7 Å². The van der Waals surface area contributed by atoms with Gasteiger partial charge in [0.1, 0.15) is 6.07 Å². The molecule has 0 fully saturated rings. The van der Waals surface area contributed by atoms with Gasteiger partial charge < -0.3 is 4.74 Å². The molecule has 17 heavy (non-hydrogen) atoms. The van der Waals surface area contributed by atoms with Crippen molar-refractivity contribution in [1.82, 2.24) is 0 Å². The van der Waals surface area contributed by atoms with Crippen molar-refractivity contribution in [2.45, 2.75) is 16.7 Å². The van der Waals surface area contributed by atoms with E-state index < -0.39 is 0 Å². The van der Waals surface area contributed by atoms with Gasteiger partial charge in [0.05, 0.1) is 17.9 Å². The molecule has 90 valence electrons. The van der Waals surface area contributed by atoms with Gasteiger partial charge >= 0.3 is 5.97 Å². The first-order chi connectivity index (χ1) is 8.22. The van der Waals surface area contributed by atoms with Gasteiger partial charge in [-0.25, -0.2) is 0 Å². The molecule has 5 heteroatoms. The van der Waals surface area contributed by atoms with Crippen molar-refractivity contribution >= 4 is 29.5 Å². The summed E-state index contributed by atoms with van der Waals surface area (Å²) in [5.41, 5.74) is 0.634. The summed E-state index contributed by atoms with van der Waals surface area (Å²) in [6.07, 6.45) is 1.93. The molecule has 0 bridgehead atoms. The zero-order valence-corrected chi connectivity index (χ0v) is 11.4. The second-order valence-corrected chi connectivity index (χ2v) is 4.90. The van der Waals surface area contributed by atoms with Crippen LogP contribution < -0.4 is 0 Å². The Morgan fingerprint density at radius 1 is 1.47 bits per heavy atom. The molecule has 0 aliphatic heterocycles. The van der Waals surface area contributed by atoms with Gasteiger partial charge in [-0.3, -0.25) is 4.79 Å². The zero-order chi connectivity index (χ0) is 12.7. The first-order valence-corrected chi connectivity index (χ1v) is 7.29. The summed E-state index contributed by atoms with van der Waals surface area (Å²) >= 11 is 2.87. The summed E-state index contributed by atoms with van der Waals surface area (Å²) in [7, 11) is 0. The van der Waals surface area contributed by atoms with Crippen LogP contribution in [0.1, 0.15) is 12.5 Å². The fourth-order valence-electron chi connectivity index (χ4n) is 1.25. The van der Waals surface area contributed by atoms with Crippen molar-refractivity contribution in [3.63, 3.8) is 0 Å². The Labute approximate surface area is 110 Å². The summed E-state index contributed by atoms with van der Waals surface area (Å²) in [6, 6.07) is 7.82. The Hall–Kier alpha value is -1.12. The lowest BCUT2D eigenvalue weighted by molar-refractivity contribution is -0.139. The van der Waals surface area contributed by atoms with E-state index in [4.69, 9.17) is 10.00 Å². The van der Waals surface area contributed by atoms with Crippen LogP contribution in [-0.2, 0) is 9.53 Å². The van der Waals surface area contributed by atoms with Crippen LogP contribution in [0.25, 0.3) is 0 Å². The molecule has 0 saturated heterocycles. The Balaban J connectivity index is 2.78. The van der Waals surface area contributed by atoms with Crippen LogP contribution in [0, 0.1) is 11.3 Å². The highest BCUT2D eigenvalue weighted by molar-refractivity contribution is 8.00. The minimum atomic E-state index is -0.254. The maximum atomic E-state index is 11.2. The van der Waals surface area contributed by atoms with Crippen molar-refractivity contribution in [3.05, 3.63) is 23.8 Å². The largest absolute Gasteiger partial charge is 0.465 e. The number of nitrogens with zero attached hydrogens (tertiary/aromatic N) is 1. The Morgan fingerprint density at radius 3 is 2.76 bits per heavy atom. The molecule has 0 heterocycles. The molecular weight excluding hydrogens is 254 g/mol. The first kappa shape index (κ1) is 13.9. The second-order valence-electron chi connectivity index (χ2n) is 3.04. The van der Waals surface area contributed by atoms with Gasteiger partial charge in [0, 0.05) is 9.79 Å². The highest BCUT2D eigenvalue weighted by Crippen LogP contribution is 2.29. The van der Waals surface area contributed by atoms with Crippen LogP contribution in [0.2, 0.25) is 0 Å². The van der Waals surface area contributed by atoms with Crippen LogP contribution in [0.5, 0.6) is 0 Å². The van der Waals surface area contributed by atoms with Crippen LogP contribution in [0.15, 0.2) is 28.0 Å². The van der Waals surface area contributed by atoms with Crippen LogP contribution >= 0.6 is 23.5 Å². The summed E-state index contributed by atoms with van der Waals surface area (Å²) in [5, 5.41) is 9.11. The number of nitriles is 1. The summed E-state index contributed by atoms with van der Waals surface area (Å²) in [4.78, 5) is 13.0. The molecule has 1 aromatic rings. The van der Waals surface area contributed by atoms with Crippen LogP contribution in [-0.4, -0.2) is 24.6 Å². The molecule has 0 radical (unpaired) electrons. The quantitative estimate of drug-likeness (QED) is 0.606. The molecule has 0 unspecified atom stereocenters. The highest BCUT2D eigenvalue weighted by atomic mass is 32.2. The lowest BCUT2D eigenvalue weighted by atomic mass is 10.2. The molecule has 0 amide bonds. The number of hydrogen-bond donors (Lipinski definition) is 0. The van der Waals surface area contributed by atoms with E-state index in [1.807, 2.05) is 24.5 Å². The van der Waals surface area contributed by atoms with E-state index in [0.29, 0.717) is 12.2 Å². The van der Waals surface area contributed by atoms with Gasteiger partial charge in [-0.2, -0.15) is 5.26 Å². The monoisotopic (exact) mass is 267 g/mol. The van der Waals surface area contributed by atoms with Crippen LogP contribution in [0.4, 0.5) is 0 Å². The van der Waals surface area contributed by atoms with E-state index in [0.717, 1.165) is 9.79 Å². The van der Waals surface area contributed by atoms with Crippen molar-refractivity contribution < 1.29 is 9.53 Å². The van der Waals surface area contributed by atoms with Crippen LogP contribution in [0.3, 0.4) is 0 Å². The SMILES string of the molecule is CCOC(=O)CSc1cccc(SC)c1C#N. The third kappa shape index (κ3) is 3.99. The third-order valence-corrected chi connectivity index (χ3v) is 3.78. The maximum Gasteiger partial charge on any atom is 0.316 e. The van der Waals surface area contributed by atoms with E-state index in [2.05, 4.69) is 6.07 Å². The molecule has 3 nitrogen and oxygen atoms in total. The number of thioether (sulfide) groups is 2. The van der Waals surface area contributed by atoms with Crippen molar-refractivity contribution in [1.29, 1.82) is 5.26 Å². The van der Waals surface area contributed by atoms with Gasteiger partial charge in [-0.05, 0) is 25.3 Å². The molecule has 0 aromatic heterocycles. The Morgan fingerprint density at radius 2 is 2.18 bits per heavy atom. The number of rotatable bonds is 5. The molecular formula is C12H13NO2S2. The highest BCUT2D eigenvalue weighted by Gasteiger charge is 2.10. The molecule has 1 aromatic carbocycles. The molecule has 0 saturated carbocycles. The van der Waals surface area contributed by atoms with Crippen molar-refractivity contribution in [2.75, 3.05) is 18.6 Å². The fourth-order valence-corrected chi connectivity index (χ4v) is 2.72. The van der Waals surface area contributed by atoms with E-state index in [9.17, 15) is 4.79 Å². The van der Waals surface area contributed by atoms with Crippen molar-refractivity contribution in [2.24, 2.45) is 0 Å². The van der Waals surface area contributed by atoms with Crippen molar-refractivity contribution in [3.8, 4) is 6.07 Å². The maximum absolute atomic E-state index is 11.2. The minimum Gasteiger partial charge on any atom is -0.465 e. The molecule has 1 rings (SSSR count). The number of ether oxygens (including phenoxy) is 1. The van der Waals surface area contributed by atoms with Gasteiger partial charge in [-0.15, -0.1) is 23.5 Å². The Kier molecular flexibility index (Phi) is 5.95. The summed E-state index contributed by atoms with van der Waals surface area (Å²) < 4.78 is 4.85. The third-order valence-electron chi connectivity index (χ3n) is 1.97. The lowest BCUT2D eigenvalue weighted by Gasteiger charge is -2.06. The number of hydrogen-bond acceptors (Lipinski definition) is 5. The van der Waals surface area contributed by atoms with Gasteiger partial charge in [-0.1, -0.05) is 6.07 Å². The van der Waals surface area contributed by atoms with Gasteiger partial charge in [0.15, 0.2) is 0 Å². The standard InChI is InChI=1S/C12H13NO2S2/c1-3-15-12(14)8-17-11-6-4-5-10(16-2)9(11)7-13/h4-6H,3,8H2,1-2H3. The number of benzene rings is 1. The number of esters is 1. The smallest absolute Gasteiger partial charge is 0.316 e. The molecule has 0 aliphatic rings. The zero-order valence-electron chi connectivity index (χ0n) is 9.73. The molecule has 0 atom stereocenters. The predicted molar refractivity (Wildman–Crippen MR) is 70.3 cm³/mol. The van der Waals surface area contributed by atoms with E-state index in [1.54, 1.807) is 6.92 Å². The van der Waals surface area contributed by atoms with E-state index in [1.165, 1.54) is 23.5 Å². The molecule has 0 aliphatic carbocycles. The number of carbonyl (C=O) groups excluding carboxylic acids is 1.